The Morgan fingerprint density at radius 3 is 2.17 bits per heavy atom. The molecule has 2 aromatic rings. The van der Waals surface area contributed by atoms with Gasteiger partial charge in [-0.3, -0.25) is 9.59 Å². The minimum atomic E-state index is -4.11. The van der Waals surface area contributed by atoms with Gasteiger partial charge in [-0.25, -0.2) is 12.7 Å². The molecule has 1 N–H and O–H groups in total. The summed E-state index contributed by atoms with van der Waals surface area (Å²) in [7, 11) is -4.11. The van der Waals surface area contributed by atoms with Crippen molar-refractivity contribution in [2.75, 3.05) is 6.54 Å². The van der Waals surface area contributed by atoms with Crippen molar-refractivity contribution in [3.63, 3.8) is 0 Å². The van der Waals surface area contributed by atoms with Gasteiger partial charge in [0.05, 0.1) is 5.54 Å². The fourth-order valence-corrected chi connectivity index (χ4v) is 6.58. The van der Waals surface area contributed by atoms with Crippen molar-refractivity contribution < 1.29 is 22.7 Å². The van der Waals surface area contributed by atoms with Gasteiger partial charge in [0.1, 0.15) is 23.3 Å². The second-order valence-corrected chi connectivity index (χ2v) is 11.8. The van der Waals surface area contributed by atoms with Gasteiger partial charge in [-0.1, -0.05) is 48.0 Å². The summed E-state index contributed by atoms with van der Waals surface area (Å²) in [6.45, 7) is 12.6. The minimum Gasteiger partial charge on any atom is -0.461 e. The molecule has 0 aromatic heterocycles. The first-order valence-corrected chi connectivity index (χ1v) is 13.1. The normalized spacial score (nSPS) is 16.4. The van der Waals surface area contributed by atoms with E-state index in [-0.39, 0.29) is 23.3 Å². The third kappa shape index (κ3) is 5.59. The first-order chi connectivity index (χ1) is 16.2. The number of nitrogens with one attached hydrogen (secondary N) is 1. The molecule has 1 aliphatic rings. The van der Waals surface area contributed by atoms with Gasteiger partial charge in [-0.05, 0) is 70.7 Å². The number of rotatable bonds is 7. The number of esters is 1. The molecule has 0 saturated carbocycles. The lowest BCUT2D eigenvalue weighted by Gasteiger charge is -2.30. The number of aryl methyl sites for hydroxylation is 3. The molecule has 1 heterocycles. The van der Waals surface area contributed by atoms with Crippen molar-refractivity contribution in [2.24, 2.45) is 0 Å². The van der Waals surface area contributed by atoms with Crippen molar-refractivity contribution >= 4 is 26.8 Å². The first-order valence-electron chi connectivity index (χ1n) is 11.6. The van der Waals surface area contributed by atoms with E-state index in [0.29, 0.717) is 12.0 Å². The van der Waals surface area contributed by atoms with E-state index in [1.54, 1.807) is 51.1 Å². The zero-order chi connectivity index (χ0) is 26.1. The van der Waals surface area contributed by atoms with E-state index in [1.807, 2.05) is 27.7 Å². The van der Waals surface area contributed by atoms with Gasteiger partial charge in [-0.15, -0.1) is 0 Å². The number of nitrogens with zero attached hydrogens (tertiary/aromatic N) is 1. The Morgan fingerprint density at radius 1 is 1.06 bits per heavy atom. The highest BCUT2D eigenvalue weighted by atomic mass is 32.2. The molecule has 35 heavy (non-hydrogen) atoms. The Balaban J connectivity index is 1.80. The molecular weight excluding hydrogens is 464 g/mol. The number of amides is 1. The summed E-state index contributed by atoms with van der Waals surface area (Å²) in [6, 6.07) is 12.6. The molecule has 3 rings (SSSR count). The lowest BCUT2D eigenvalue weighted by Crippen LogP contribution is -2.47. The predicted molar refractivity (Wildman–Crippen MR) is 137 cm³/mol. The molecule has 1 amide bonds. The van der Waals surface area contributed by atoms with Crippen LogP contribution in [0, 0.1) is 20.8 Å². The number of hydrogen-bond acceptors (Lipinski definition) is 6. The van der Waals surface area contributed by atoms with Crippen LogP contribution in [-0.4, -0.2) is 42.8 Å². The van der Waals surface area contributed by atoms with Crippen LogP contribution < -0.4 is 5.32 Å². The van der Waals surface area contributed by atoms with E-state index in [0.717, 1.165) is 21.0 Å². The molecule has 1 atom stereocenters. The van der Waals surface area contributed by atoms with E-state index >= 15 is 0 Å². The second kappa shape index (κ2) is 9.85. The molecule has 1 unspecified atom stereocenters. The fourth-order valence-electron chi connectivity index (χ4n) is 4.52. The molecule has 0 radical (unpaired) electrons. The van der Waals surface area contributed by atoms with Crippen LogP contribution in [0.2, 0.25) is 0 Å². The maximum atomic E-state index is 13.4. The maximum absolute atomic E-state index is 13.4. The van der Waals surface area contributed by atoms with Crippen molar-refractivity contribution in [1.82, 2.24) is 9.62 Å². The summed E-state index contributed by atoms with van der Waals surface area (Å²) >= 11 is 0. The second-order valence-electron chi connectivity index (χ2n) is 10.1. The molecule has 0 spiro atoms. The van der Waals surface area contributed by atoms with Crippen molar-refractivity contribution in [3.05, 3.63) is 76.0 Å². The summed E-state index contributed by atoms with van der Waals surface area (Å²) < 4.78 is 33.2. The number of carbonyl (C=O) groups excluding carboxylic acids is 2. The van der Waals surface area contributed by atoms with E-state index in [1.165, 1.54) is 5.56 Å². The van der Waals surface area contributed by atoms with Gasteiger partial charge in [0.2, 0.25) is 0 Å². The molecule has 188 valence electrons. The number of benzene rings is 2. The Morgan fingerprint density at radius 2 is 1.63 bits per heavy atom. The zero-order valence-corrected chi connectivity index (χ0v) is 22.2. The summed E-state index contributed by atoms with van der Waals surface area (Å²) in [5.41, 5.74) is 3.88. The molecule has 1 aliphatic heterocycles. The smallest absolute Gasteiger partial charge is 0.325 e. The van der Waals surface area contributed by atoms with Gasteiger partial charge in [0.15, 0.2) is 0 Å². The standard InChI is InChI=1S/C27H34N2O5S/c1-17-13-18(2)22(19(3)14-17)15-20(4)34-23(30)16-28-24-25(21-11-9-8-10-12-21)35(32,33)29(26(24)31)27(5,6)7/h8-14,20,28H,15-16H2,1-7H3. The van der Waals surface area contributed by atoms with Gasteiger partial charge in [0.25, 0.3) is 15.9 Å². The number of sulfonamides is 1. The highest BCUT2D eigenvalue weighted by Crippen LogP contribution is 2.38. The van der Waals surface area contributed by atoms with Gasteiger partial charge >= 0.3 is 5.97 Å². The fraction of sp³-hybridized carbons (Fsp3) is 0.407. The minimum absolute atomic E-state index is 0.124. The average Bonchev–Trinajstić information content (AvgIpc) is 2.94. The van der Waals surface area contributed by atoms with Crippen LogP contribution in [0.4, 0.5) is 0 Å². The first kappa shape index (κ1) is 26.5. The SMILES string of the molecule is Cc1cc(C)c(CC(C)OC(=O)CNC2=C(c3ccccc3)S(=O)(=O)N(C(C)(C)C)C2=O)c(C)c1. The highest BCUT2D eigenvalue weighted by Gasteiger charge is 2.49. The average molecular weight is 499 g/mol. The number of hydrogen-bond donors (Lipinski definition) is 1. The Bertz CT molecular complexity index is 1250. The predicted octanol–water partition coefficient (Wildman–Crippen LogP) is 4.01. The van der Waals surface area contributed by atoms with Crippen molar-refractivity contribution in [1.29, 1.82) is 0 Å². The van der Waals surface area contributed by atoms with Crippen molar-refractivity contribution in [3.8, 4) is 0 Å². The molecule has 0 bridgehead atoms. The van der Waals surface area contributed by atoms with Crippen LogP contribution in [-0.2, 0) is 30.8 Å². The lowest BCUT2D eigenvalue weighted by molar-refractivity contribution is -0.146. The quantitative estimate of drug-likeness (QED) is 0.580. The van der Waals surface area contributed by atoms with Crippen LogP contribution in [0.15, 0.2) is 48.2 Å². The maximum Gasteiger partial charge on any atom is 0.325 e. The lowest BCUT2D eigenvalue weighted by atomic mass is 9.96. The van der Waals surface area contributed by atoms with Gasteiger partial charge in [0, 0.05) is 6.42 Å². The summed E-state index contributed by atoms with van der Waals surface area (Å²) in [4.78, 5) is 25.7. The Kier molecular flexibility index (Phi) is 7.45. The van der Waals surface area contributed by atoms with Crippen LogP contribution >= 0.6 is 0 Å². The van der Waals surface area contributed by atoms with Gasteiger partial charge < -0.3 is 10.1 Å². The molecule has 0 fully saturated rings. The summed E-state index contributed by atoms with van der Waals surface area (Å²) in [5.74, 6) is -1.26. The largest absolute Gasteiger partial charge is 0.461 e. The topological polar surface area (TPSA) is 92.8 Å². The highest BCUT2D eigenvalue weighted by molar-refractivity contribution is 7.99. The summed E-state index contributed by atoms with van der Waals surface area (Å²) in [6.07, 6.45) is 0.174. The summed E-state index contributed by atoms with van der Waals surface area (Å²) in [5, 5.41) is 2.77. The van der Waals surface area contributed by atoms with Gasteiger partial charge in [-0.2, -0.15) is 0 Å². The van der Waals surface area contributed by atoms with E-state index in [4.69, 9.17) is 4.74 Å². The van der Waals surface area contributed by atoms with E-state index in [2.05, 4.69) is 17.4 Å². The molecular formula is C27H34N2O5S. The molecule has 2 aromatic carbocycles. The molecule has 0 saturated heterocycles. The zero-order valence-electron chi connectivity index (χ0n) is 21.4. The van der Waals surface area contributed by atoms with E-state index < -0.39 is 27.4 Å². The Labute approximate surface area is 208 Å². The number of carbonyl (C=O) groups is 2. The van der Waals surface area contributed by atoms with Crippen LogP contribution in [0.5, 0.6) is 0 Å². The third-order valence-corrected chi connectivity index (χ3v) is 7.99. The van der Waals surface area contributed by atoms with Crippen molar-refractivity contribution in [2.45, 2.75) is 66.5 Å². The van der Waals surface area contributed by atoms with E-state index in [9.17, 15) is 18.0 Å². The van der Waals surface area contributed by atoms with Crippen LogP contribution in [0.1, 0.15) is 55.5 Å². The van der Waals surface area contributed by atoms with Crippen LogP contribution in [0.3, 0.4) is 0 Å². The Hall–Kier alpha value is -3.13. The monoisotopic (exact) mass is 498 g/mol. The number of ether oxygens (including phenoxy) is 1. The molecule has 8 heteroatoms. The third-order valence-electron chi connectivity index (χ3n) is 5.84. The molecule has 0 aliphatic carbocycles. The van der Waals surface area contributed by atoms with Crippen LogP contribution in [0.25, 0.3) is 4.91 Å². The molecule has 7 nitrogen and oxygen atoms in total.